The largest absolute Gasteiger partial charge is 0.459 e. The van der Waals surface area contributed by atoms with Gasteiger partial charge in [0.05, 0.1) is 11.3 Å². The molecule has 0 spiro atoms. The van der Waals surface area contributed by atoms with E-state index in [0.29, 0.717) is 22.9 Å². The number of nitrogens with zero attached hydrogens (tertiary/aromatic N) is 1. The number of esters is 1. The van der Waals surface area contributed by atoms with E-state index in [-0.39, 0.29) is 25.2 Å². The highest BCUT2D eigenvalue weighted by Crippen LogP contribution is 2.26. The molecule has 26 heavy (non-hydrogen) atoms. The van der Waals surface area contributed by atoms with Gasteiger partial charge in [-0.15, -0.1) is 22.7 Å². The first-order chi connectivity index (χ1) is 12.4. The van der Waals surface area contributed by atoms with Gasteiger partial charge in [-0.2, -0.15) is 0 Å². The Hall–Kier alpha value is -2.25. The number of carbonyl (C=O) groups excluding carboxylic acids is 2. The molecule has 3 rings (SSSR count). The van der Waals surface area contributed by atoms with E-state index < -0.39 is 5.97 Å². The number of aromatic nitrogens is 1. The molecule has 0 aromatic carbocycles. The first kappa shape index (κ1) is 18.5. The van der Waals surface area contributed by atoms with Crippen molar-refractivity contribution in [1.82, 2.24) is 4.98 Å². The van der Waals surface area contributed by atoms with Crippen molar-refractivity contribution >= 4 is 34.4 Å². The van der Waals surface area contributed by atoms with Crippen molar-refractivity contribution in [2.75, 3.05) is 0 Å². The van der Waals surface area contributed by atoms with Crippen molar-refractivity contribution in [3.05, 3.63) is 50.4 Å². The Labute approximate surface area is 159 Å². The van der Waals surface area contributed by atoms with Crippen molar-refractivity contribution in [3.8, 4) is 10.8 Å². The average Bonchev–Trinajstić information content (AvgIpc) is 3.31. The molecule has 7 heteroatoms. The van der Waals surface area contributed by atoms with Crippen LogP contribution in [0.4, 0.5) is 0 Å². The van der Waals surface area contributed by atoms with Crippen molar-refractivity contribution < 1.29 is 18.7 Å². The van der Waals surface area contributed by atoms with Crippen LogP contribution >= 0.6 is 22.7 Å². The van der Waals surface area contributed by atoms with Crippen LogP contribution in [-0.4, -0.2) is 16.7 Å². The fourth-order valence-electron chi connectivity index (χ4n) is 2.55. The number of ketones is 1. The predicted octanol–water partition coefficient (Wildman–Crippen LogP) is 5.10. The van der Waals surface area contributed by atoms with E-state index >= 15 is 0 Å². The van der Waals surface area contributed by atoms with Crippen molar-refractivity contribution in [2.24, 2.45) is 0 Å². The van der Waals surface area contributed by atoms with Crippen LogP contribution in [0, 0.1) is 20.8 Å². The van der Waals surface area contributed by atoms with Crippen molar-refractivity contribution in [2.45, 2.75) is 40.2 Å². The van der Waals surface area contributed by atoms with Crippen LogP contribution < -0.4 is 0 Å². The summed E-state index contributed by atoms with van der Waals surface area (Å²) in [6.07, 6.45) is 0.204. The van der Waals surface area contributed by atoms with Gasteiger partial charge in [0.2, 0.25) is 5.89 Å². The van der Waals surface area contributed by atoms with Gasteiger partial charge in [-0.05, 0) is 38.3 Å². The Morgan fingerprint density at radius 3 is 2.69 bits per heavy atom. The number of oxazole rings is 1. The highest BCUT2D eigenvalue weighted by atomic mass is 32.1. The first-order valence-corrected chi connectivity index (χ1v) is 9.89. The molecule has 3 heterocycles. The minimum Gasteiger partial charge on any atom is -0.459 e. The van der Waals surface area contributed by atoms with Crippen LogP contribution in [0.3, 0.4) is 0 Å². The molecule has 0 bridgehead atoms. The number of carbonyl (C=O) groups is 2. The summed E-state index contributed by atoms with van der Waals surface area (Å²) in [5.74, 6) is 0.716. The summed E-state index contributed by atoms with van der Waals surface area (Å²) in [6, 6.07) is 5.72. The Bertz CT molecular complexity index is 922. The fraction of sp³-hybridized carbons (Fsp3) is 0.316. The van der Waals surface area contributed by atoms with E-state index in [4.69, 9.17) is 9.15 Å². The predicted molar refractivity (Wildman–Crippen MR) is 102 cm³/mol. The number of Topliss-reactive ketones (excluding diaryl/α,β-unsaturated/α-hetero) is 1. The number of aryl methyl sites for hydroxylation is 3. The van der Waals surface area contributed by atoms with Crippen LogP contribution in [0.15, 0.2) is 28.0 Å². The molecule has 0 amide bonds. The molecule has 0 N–H and O–H groups in total. The Kier molecular flexibility index (Phi) is 5.68. The van der Waals surface area contributed by atoms with E-state index in [1.54, 1.807) is 18.3 Å². The molecule has 3 aromatic rings. The zero-order chi connectivity index (χ0) is 18.7. The minimum absolute atomic E-state index is 0.0265. The third kappa shape index (κ3) is 4.28. The average molecular weight is 389 g/mol. The van der Waals surface area contributed by atoms with Crippen molar-refractivity contribution in [1.29, 1.82) is 0 Å². The molecule has 5 nitrogen and oxygen atoms in total. The molecule has 0 atom stereocenters. The Morgan fingerprint density at radius 2 is 2.04 bits per heavy atom. The van der Waals surface area contributed by atoms with Crippen LogP contribution in [0.2, 0.25) is 0 Å². The summed E-state index contributed by atoms with van der Waals surface area (Å²) < 4.78 is 10.9. The minimum atomic E-state index is -0.414. The SMILES string of the molecule is Cc1cc(C(=O)CCC(=O)OCc2nc(-c3cccs3)oc2C)c(C)s1. The summed E-state index contributed by atoms with van der Waals surface area (Å²) in [7, 11) is 0. The summed E-state index contributed by atoms with van der Waals surface area (Å²) in [6.45, 7) is 5.72. The summed E-state index contributed by atoms with van der Waals surface area (Å²) in [5, 5.41) is 1.95. The monoisotopic (exact) mass is 389 g/mol. The van der Waals surface area contributed by atoms with Crippen LogP contribution in [0.5, 0.6) is 0 Å². The standard InChI is InChI=1S/C19H19NO4S2/c1-11-9-14(13(3)26-11)16(21)6-7-18(22)23-10-15-12(2)24-19(20-15)17-5-4-8-25-17/h4-5,8-9H,6-7,10H2,1-3H3. The number of rotatable bonds is 7. The molecule has 0 aliphatic rings. The molecule has 0 unspecified atom stereocenters. The lowest BCUT2D eigenvalue weighted by Crippen LogP contribution is -2.09. The molecule has 3 aromatic heterocycles. The second-order valence-electron chi connectivity index (χ2n) is 5.91. The molecule has 0 saturated carbocycles. The van der Waals surface area contributed by atoms with E-state index in [9.17, 15) is 9.59 Å². The summed E-state index contributed by atoms with van der Waals surface area (Å²) in [4.78, 5) is 31.6. The smallest absolute Gasteiger partial charge is 0.306 e. The lowest BCUT2D eigenvalue weighted by Gasteiger charge is -2.03. The normalized spacial score (nSPS) is 10.9. The molecule has 0 radical (unpaired) electrons. The first-order valence-electron chi connectivity index (χ1n) is 8.20. The maximum atomic E-state index is 12.2. The molecule has 0 fully saturated rings. The third-order valence-corrected chi connectivity index (χ3v) is 5.72. The maximum absolute atomic E-state index is 12.2. The zero-order valence-corrected chi connectivity index (χ0v) is 16.5. The van der Waals surface area contributed by atoms with Crippen molar-refractivity contribution in [3.63, 3.8) is 0 Å². The lowest BCUT2D eigenvalue weighted by molar-refractivity contribution is -0.145. The topological polar surface area (TPSA) is 69.4 Å². The number of hydrogen-bond donors (Lipinski definition) is 0. The van der Waals surface area contributed by atoms with E-state index in [2.05, 4.69) is 4.98 Å². The van der Waals surface area contributed by atoms with Gasteiger partial charge < -0.3 is 9.15 Å². The highest BCUT2D eigenvalue weighted by molar-refractivity contribution is 7.13. The van der Waals surface area contributed by atoms with E-state index in [1.165, 1.54) is 11.3 Å². The number of ether oxygens (including phenoxy) is 1. The van der Waals surface area contributed by atoms with Gasteiger partial charge in [-0.1, -0.05) is 6.07 Å². The molecule has 136 valence electrons. The maximum Gasteiger partial charge on any atom is 0.306 e. The number of thiophene rings is 2. The quantitative estimate of drug-likeness (QED) is 0.415. The molecule has 0 aliphatic heterocycles. The van der Waals surface area contributed by atoms with Crippen LogP contribution in [0.1, 0.15) is 44.4 Å². The Morgan fingerprint density at radius 1 is 1.23 bits per heavy atom. The zero-order valence-electron chi connectivity index (χ0n) is 14.8. The molecular formula is C19H19NO4S2. The summed E-state index contributed by atoms with van der Waals surface area (Å²) >= 11 is 3.12. The molecule has 0 saturated heterocycles. The third-order valence-electron chi connectivity index (χ3n) is 3.89. The molecular weight excluding hydrogens is 370 g/mol. The van der Waals surface area contributed by atoms with E-state index in [1.807, 2.05) is 37.4 Å². The highest BCUT2D eigenvalue weighted by Gasteiger charge is 2.16. The Balaban J connectivity index is 1.51. The number of hydrogen-bond acceptors (Lipinski definition) is 7. The summed E-state index contributed by atoms with van der Waals surface area (Å²) in [5.41, 5.74) is 1.30. The lowest BCUT2D eigenvalue weighted by atomic mass is 10.1. The fourth-order valence-corrected chi connectivity index (χ4v) is 4.14. The second kappa shape index (κ2) is 7.97. The van der Waals surface area contributed by atoms with Gasteiger partial charge in [0.1, 0.15) is 18.1 Å². The van der Waals surface area contributed by atoms with E-state index in [0.717, 1.165) is 14.6 Å². The van der Waals surface area contributed by atoms with Gasteiger partial charge >= 0.3 is 5.97 Å². The van der Waals surface area contributed by atoms with Gasteiger partial charge in [-0.3, -0.25) is 9.59 Å². The van der Waals surface area contributed by atoms with Gasteiger partial charge in [0, 0.05) is 21.7 Å². The van der Waals surface area contributed by atoms with Gasteiger partial charge in [0.15, 0.2) is 5.78 Å². The van der Waals surface area contributed by atoms with Gasteiger partial charge in [0.25, 0.3) is 0 Å². The van der Waals surface area contributed by atoms with Crippen LogP contribution in [0.25, 0.3) is 10.8 Å². The second-order valence-corrected chi connectivity index (χ2v) is 8.32. The molecule has 0 aliphatic carbocycles. The van der Waals surface area contributed by atoms with Gasteiger partial charge in [-0.25, -0.2) is 4.98 Å². The van der Waals surface area contributed by atoms with Crippen LogP contribution in [-0.2, 0) is 16.1 Å².